The van der Waals surface area contributed by atoms with Crippen LogP contribution in [0.25, 0.3) is 0 Å². The number of rotatable bonds is 8. The summed E-state index contributed by atoms with van der Waals surface area (Å²) in [5.74, 6) is 1.60. The average Bonchev–Trinajstić information content (AvgIpc) is 2.77. The maximum absolute atomic E-state index is 13.1. The highest BCUT2D eigenvalue weighted by atomic mass is 16.6. The van der Waals surface area contributed by atoms with Crippen molar-refractivity contribution in [2.45, 2.75) is 33.4 Å². The van der Waals surface area contributed by atoms with Crippen molar-refractivity contribution in [3.8, 4) is 17.2 Å². The molecular weight excluding hydrogens is 396 g/mol. The third-order valence-corrected chi connectivity index (χ3v) is 5.05. The average molecular weight is 427 g/mol. The van der Waals surface area contributed by atoms with Gasteiger partial charge in [-0.3, -0.25) is 9.59 Å². The SMILES string of the molecule is CCOc1ccc(C(=O)NC(C(=O)N(C)Cc2ccc3c(c2)OCCO3)C(C)C)cc1. The van der Waals surface area contributed by atoms with E-state index in [1.165, 1.54) is 0 Å². The topological polar surface area (TPSA) is 77.1 Å². The highest BCUT2D eigenvalue weighted by Gasteiger charge is 2.27. The third kappa shape index (κ3) is 5.69. The van der Waals surface area contributed by atoms with Gasteiger partial charge >= 0.3 is 0 Å². The largest absolute Gasteiger partial charge is 0.494 e. The molecule has 7 heteroatoms. The monoisotopic (exact) mass is 426 g/mol. The molecule has 0 fully saturated rings. The molecule has 166 valence electrons. The Bertz CT molecular complexity index is 911. The summed E-state index contributed by atoms with van der Waals surface area (Å²) in [5.41, 5.74) is 1.41. The van der Waals surface area contributed by atoms with E-state index in [0.29, 0.717) is 49.2 Å². The van der Waals surface area contributed by atoms with E-state index in [0.717, 1.165) is 5.56 Å². The number of nitrogens with one attached hydrogen (secondary N) is 1. The fourth-order valence-electron chi connectivity index (χ4n) is 3.38. The first-order valence-electron chi connectivity index (χ1n) is 10.6. The second-order valence-electron chi connectivity index (χ2n) is 7.82. The maximum Gasteiger partial charge on any atom is 0.251 e. The fraction of sp³-hybridized carbons (Fsp3) is 0.417. The van der Waals surface area contributed by atoms with Gasteiger partial charge in [-0.15, -0.1) is 0 Å². The molecule has 0 bridgehead atoms. The molecule has 0 saturated heterocycles. The quantitative estimate of drug-likeness (QED) is 0.701. The number of hydrogen-bond acceptors (Lipinski definition) is 5. The van der Waals surface area contributed by atoms with Gasteiger partial charge in [0.05, 0.1) is 6.61 Å². The van der Waals surface area contributed by atoms with E-state index in [2.05, 4.69) is 5.32 Å². The molecule has 2 amide bonds. The number of amides is 2. The second-order valence-corrected chi connectivity index (χ2v) is 7.82. The molecule has 1 N–H and O–H groups in total. The van der Waals surface area contributed by atoms with Crippen LogP contribution in [0.4, 0.5) is 0 Å². The molecule has 1 heterocycles. The first kappa shape index (κ1) is 22.5. The third-order valence-electron chi connectivity index (χ3n) is 5.05. The molecular formula is C24H30N2O5. The number of benzene rings is 2. The Labute approximate surface area is 183 Å². The minimum atomic E-state index is -0.638. The predicted octanol–water partition coefficient (Wildman–Crippen LogP) is 3.27. The van der Waals surface area contributed by atoms with Crippen molar-refractivity contribution < 1.29 is 23.8 Å². The van der Waals surface area contributed by atoms with Gasteiger partial charge in [0.1, 0.15) is 25.0 Å². The Morgan fingerprint density at radius 2 is 1.74 bits per heavy atom. The Balaban J connectivity index is 1.65. The van der Waals surface area contributed by atoms with Gasteiger partial charge in [-0.2, -0.15) is 0 Å². The lowest BCUT2D eigenvalue weighted by Crippen LogP contribution is -2.50. The highest BCUT2D eigenvalue weighted by Crippen LogP contribution is 2.31. The van der Waals surface area contributed by atoms with E-state index < -0.39 is 6.04 Å². The summed E-state index contributed by atoms with van der Waals surface area (Å²) in [7, 11) is 1.73. The van der Waals surface area contributed by atoms with Crippen LogP contribution in [0.15, 0.2) is 42.5 Å². The van der Waals surface area contributed by atoms with Crippen molar-refractivity contribution in [2.75, 3.05) is 26.9 Å². The number of fused-ring (bicyclic) bond motifs is 1. The summed E-state index contributed by atoms with van der Waals surface area (Å²) in [6, 6.07) is 11.9. The fourth-order valence-corrected chi connectivity index (χ4v) is 3.38. The molecule has 0 spiro atoms. The van der Waals surface area contributed by atoms with E-state index in [1.54, 1.807) is 36.2 Å². The van der Waals surface area contributed by atoms with E-state index in [9.17, 15) is 9.59 Å². The molecule has 0 aliphatic carbocycles. The molecule has 2 aromatic rings. The number of nitrogens with zero attached hydrogens (tertiary/aromatic N) is 1. The number of ether oxygens (including phenoxy) is 3. The first-order chi connectivity index (χ1) is 14.9. The zero-order chi connectivity index (χ0) is 22.4. The predicted molar refractivity (Wildman–Crippen MR) is 118 cm³/mol. The minimum absolute atomic E-state index is 0.0677. The van der Waals surface area contributed by atoms with Crippen LogP contribution < -0.4 is 19.5 Å². The van der Waals surface area contributed by atoms with Gasteiger partial charge in [0.15, 0.2) is 11.5 Å². The lowest BCUT2D eigenvalue weighted by atomic mass is 10.0. The van der Waals surface area contributed by atoms with Crippen LogP contribution in [0.1, 0.15) is 36.7 Å². The lowest BCUT2D eigenvalue weighted by Gasteiger charge is -2.27. The summed E-state index contributed by atoms with van der Waals surface area (Å²) in [5, 5.41) is 2.88. The zero-order valence-electron chi connectivity index (χ0n) is 18.5. The smallest absolute Gasteiger partial charge is 0.251 e. The molecule has 3 rings (SSSR count). The van der Waals surface area contributed by atoms with E-state index >= 15 is 0 Å². The molecule has 1 unspecified atom stereocenters. The van der Waals surface area contributed by atoms with Crippen molar-refractivity contribution in [3.63, 3.8) is 0 Å². The number of hydrogen-bond donors (Lipinski definition) is 1. The normalized spacial score (nSPS) is 13.5. The van der Waals surface area contributed by atoms with Crippen LogP contribution in [0, 0.1) is 5.92 Å². The van der Waals surface area contributed by atoms with Gasteiger partial charge in [-0.25, -0.2) is 0 Å². The molecule has 1 aliphatic rings. The van der Waals surface area contributed by atoms with Crippen LogP contribution in [0.2, 0.25) is 0 Å². The van der Waals surface area contributed by atoms with Crippen LogP contribution in [-0.4, -0.2) is 49.6 Å². The van der Waals surface area contributed by atoms with Crippen LogP contribution >= 0.6 is 0 Å². The van der Waals surface area contributed by atoms with Crippen molar-refractivity contribution in [1.29, 1.82) is 0 Å². The summed E-state index contributed by atoms with van der Waals surface area (Å²) in [6.07, 6.45) is 0. The molecule has 7 nitrogen and oxygen atoms in total. The summed E-state index contributed by atoms with van der Waals surface area (Å²) in [4.78, 5) is 27.5. The molecule has 1 aliphatic heterocycles. The minimum Gasteiger partial charge on any atom is -0.494 e. The van der Waals surface area contributed by atoms with Crippen molar-refractivity contribution >= 4 is 11.8 Å². The lowest BCUT2D eigenvalue weighted by molar-refractivity contribution is -0.133. The second kappa shape index (κ2) is 10.2. The molecule has 31 heavy (non-hydrogen) atoms. The molecule has 2 aromatic carbocycles. The standard InChI is InChI=1S/C24H30N2O5/c1-5-29-19-9-7-18(8-10-19)23(27)25-22(16(2)3)24(28)26(4)15-17-6-11-20-21(14-17)31-13-12-30-20/h6-11,14,16,22H,5,12-13,15H2,1-4H3,(H,25,27). The summed E-state index contributed by atoms with van der Waals surface area (Å²) in [6.45, 7) is 7.74. The molecule has 0 saturated carbocycles. The van der Waals surface area contributed by atoms with Gasteiger partial charge in [-0.1, -0.05) is 19.9 Å². The first-order valence-corrected chi connectivity index (χ1v) is 10.6. The molecule has 1 atom stereocenters. The Morgan fingerprint density at radius 3 is 2.39 bits per heavy atom. The highest BCUT2D eigenvalue weighted by molar-refractivity contribution is 5.97. The van der Waals surface area contributed by atoms with Crippen LogP contribution in [0.5, 0.6) is 17.2 Å². The summed E-state index contributed by atoms with van der Waals surface area (Å²) < 4.78 is 16.6. The molecule has 0 radical (unpaired) electrons. The van der Waals surface area contributed by atoms with Crippen LogP contribution in [-0.2, 0) is 11.3 Å². The van der Waals surface area contributed by atoms with E-state index in [4.69, 9.17) is 14.2 Å². The maximum atomic E-state index is 13.1. The van der Waals surface area contributed by atoms with E-state index in [-0.39, 0.29) is 17.7 Å². The van der Waals surface area contributed by atoms with E-state index in [1.807, 2.05) is 39.0 Å². The van der Waals surface area contributed by atoms with Gasteiger partial charge in [-0.05, 0) is 54.8 Å². The Kier molecular flexibility index (Phi) is 7.39. The van der Waals surface area contributed by atoms with Gasteiger partial charge < -0.3 is 24.4 Å². The summed E-state index contributed by atoms with van der Waals surface area (Å²) >= 11 is 0. The van der Waals surface area contributed by atoms with Crippen molar-refractivity contribution in [1.82, 2.24) is 10.2 Å². The number of carbonyl (C=O) groups excluding carboxylic acids is 2. The molecule has 0 aromatic heterocycles. The number of likely N-dealkylation sites (N-methyl/N-ethyl adjacent to an activating group) is 1. The van der Waals surface area contributed by atoms with Gasteiger partial charge in [0.2, 0.25) is 5.91 Å². The van der Waals surface area contributed by atoms with Crippen molar-refractivity contribution in [3.05, 3.63) is 53.6 Å². The van der Waals surface area contributed by atoms with Gasteiger partial charge in [0, 0.05) is 19.2 Å². The Morgan fingerprint density at radius 1 is 1.06 bits per heavy atom. The van der Waals surface area contributed by atoms with Crippen molar-refractivity contribution in [2.24, 2.45) is 5.92 Å². The number of carbonyl (C=O) groups is 2. The Hall–Kier alpha value is -3.22. The van der Waals surface area contributed by atoms with Crippen LogP contribution in [0.3, 0.4) is 0 Å². The zero-order valence-corrected chi connectivity index (χ0v) is 18.5. The van der Waals surface area contributed by atoms with Gasteiger partial charge in [0.25, 0.3) is 5.91 Å².